The summed E-state index contributed by atoms with van der Waals surface area (Å²) in [5, 5.41) is 3.37. The Bertz CT molecular complexity index is 334. The minimum atomic E-state index is 0.511. The van der Waals surface area contributed by atoms with Crippen LogP contribution in [0.4, 0.5) is 5.95 Å². The number of nitrogens with zero attached hydrogens (tertiary/aromatic N) is 3. The highest BCUT2D eigenvalue weighted by molar-refractivity contribution is 5.34. The van der Waals surface area contributed by atoms with Crippen LogP contribution >= 0.6 is 0 Å². The summed E-state index contributed by atoms with van der Waals surface area (Å²) in [5.41, 5.74) is 0. The number of hydrogen-bond acceptors (Lipinski definition) is 3. The van der Waals surface area contributed by atoms with Crippen LogP contribution in [0, 0.1) is 0 Å². The van der Waals surface area contributed by atoms with Gasteiger partial charge in [0.1, 0.15) is 0 Å². The zero-order chi connectivity index (χ0) is 11.5. The van der Waals surface area contributed by atoms with E-state index >= 15 is 0 Å². The second-order valence-corrected chi connectivity index (χ2v) is 4.67. The van der Waals surface area contributed by atoms with Crippen molar-refractivity contribution in [2.24, 2.45) is 7.05 Å². The standard InChI is InChI=1S/C12H22N4/c1-10(13-2)11-6-4-5-8-16(11)12-14-7-9-15(12)3/h7,9-11,13H,4-6,8H2,1-3H3. The van der Waals surface area contributed by atoms with Gasteiger partial charge in [-0.2, -0.15) is 0 Å². The molecule has 1 aliphatic rings. The molecule has 0 aromatic carbocycles. The van der Waals surface area contributed by atoms with E-state index in [1.54, 1.807) is 0 Å². The first-order chi connectivity index (χ1) is 7.74. The molecule has 1 N–H and O–H groups in total. The average molecular weight is 222 g/mol. The van der Waals surface area contributed by atoms with Crippen LogP contribution < -0.4 is 10.2 Å². The van der Waals surface area contributed by atoms with Crippen LogP contribution in [0.2, 0.25) is 0 Å². The van der Waals surface area contributed by atoms with Gasteiger partial charge in [0, 0.05) is 38.1 Å². The van der Waals surface area contributed by atoms with E-state index in [-0.39, 0.29) is 0 Å². The number of aryl methyl sites for hydroxylation is 1. The lowest BCUT2D eigenvalue weighted by molar-refractivity contribution is 0.376. The zero-order valence-electron chi connectivity index (χ0n) is 10.5. The van der Waals surface area contributed by atoms with Crippen LogP contribution in [-0.4, -0.2) is 35.2 Å². The summed E-state index contributed by atoms with van der Waals surface area (Å²) >= 11 is 0. The number of aromatic nitrogens is 2. The predicted molar refractivity (Wildman–Crippen MR) is 66.7 cm³/mol. The Hall–Kier alpha value is -1.03. The van der Waals surface area contributed by atoms with Gasteiger partial charge >= 0.3 is 0 Å². The van der Waals surface area contributed by atoms with Gasteiger partial charge in [-0.3, -0.25) is 0 Å². The summed E-state index contributed by atoms with van der Waals surface area (Å²) in [6, 6.07) is 1.08. The number of hydrogen-bond donors (Lipinski definition) is 1. The second-order valence-electron chi connectivity index (χ2n) is 4.67. The summed E-state index contributed by atoms with van der Waals surface area (Å²) in [6.07, 6.45) is 7.77. The first-order valence-corrected chi connectivity index (χ1v) is 6.15. The minimum Gasteiger partial charge on any atom is -0.338 e. The van der Waals surface area contributed by atoms with Gasteiger partial charge in [0.05, 0.1) is 0 Å². The van der Waals surface area contributed by atoms with Crippen LogP contribution in [0.5, 0.6) is 0 Å². The normalized spacial score (nSPS) is 23.4. The summed E-state index contributed by atoms with van der Waals surface area (Å²) in [7, 11) is 4.11. The average Bonchev–Trinajstić information content (AvgIpc) is 2.74. The smallest absolute Gasteiger partial charge is 0.205 e. The summed E-state index contributed by atoms with van der Waals surface area (Å²) in [4.78, 5) is 6.92. The zero-order valence-corrected chi connectivity index (χ0v) is 10.5. The molecule has 1 aromatic rings. The van der Waals surface area contributed by atoms with Gasteiger partial charge < -0.3 is 14.8 Å². The van der Waals surface area contributed by atoms with E-state index in [0.717, 1.165) is 12.5 Å². The Morgan fingerprint density at radius 1 is 1.50 bits per heavy atom. The van der Waals surface area contributed by atoms with E-state index in [1.807, 2.05) is 19.4 Å². The molecule has 2 rings (SSSR count). The maximum absolute atomic E-state index is 4.47. The fourth-order valence-corrected chi connectivity index (χ4v) is 2.55. The van der Waals surface area contributed by atoms with Crippen molar-refractivity contribution in [3.8, 4) is 0 Å². The van der Waals surface area contributed by atoms with Crippen molar-refractivity contribution in [2.75, 3.05) is 18.5 Å². The lowest BCUT2D eigenvalue weighted by Crippen LogP contribution is -2.51. The Balaban J connectivity index is 2.20. The topological polar surface area (TPSA) is 33.1 Å². The molecule has 2 unspecified atom stereocenters. The van der Waals surface area contributed by atoms with Gasteiger partial charge in [-0.15, -0.1) is 0 Å². The molecule has 1 aromatic heterocycles. The van der Waals surface area contributed by atoms with Crippen molar-refractivity contribution in [1.29, 1.82) is 0 Å². The summed E-state index contributed by atoms with van der Waals surface area (Å²) < 4.78 is 2.11. The molecule has 1 saturated heterocycles. The van der Waals surface area contributed by atoms with E-state index in [9.17, 15) is 0 Å². The monoisotopic (exact) mass is 222 g/mol. The lowest BCUT2D eigenvalue weighted by atomic mass is 9.97. The molecule has 2 atom stereocenters. The number of imidazole rings is 1. The number of piperidine rings is 1. The number of nitrogens with one attached hydrogen (secondary N) is 1. The Labute approximate surface area is 97.7 Å². The molecule has 0 aliphatic carbocycles. The van der Waals surface area contributed by atoms with Gasteiger partial charge in [-0.25, -0.2) is 4.98 Å². The van der Waals surface area contributed by atoms with Crippen LogP contribution in [0.3, 0.4) is 0 Å². The molecule has 0 spiro atoms. The number of anilines is 1. The predicted octanol–water partition coefficient (Wildman–Crippen LogP) is 1.39. The highest BCUT2D eigenvalue weighted by Gasteiger charge is 2.28. The summed E-state index contributed by atoms with van der Waals surface area (Å²) in [6.45, 7) is 3.38. The molecular formula is C12H22N4. The third-order valence-electron chi connectivity index (χ3n) is 3.63. The molecule has 2 heterocycles. The van der Waals surface area contributed by atoms with Gasteiger partial charge in [-0.1, -0.05) is 0 Å². The van der Waals surface area contributed by atoms with Crippen molar-refractivity contribution < 1.29 is 0 Å². The Morgan fingerprint density at radius 2 is 2.31 bits per heavy atom. The van der Waals surface area contributed by atoms with Crippen molar-refractivity contribution >= 4 is 5.95 Å². The molecule has 0 amide bonds. The highest BCUT2D eigenvalue weighted by atomic mass is 15.3. The Morgan fingerprint density at radius 3 is 2.94 bits per heavy atom. The van der Waals surface area contributed by atoms with Crippen LogP contribution in [0.1, 0.15) is 26.2 Å². The van der Waals surface area contributed by atoms with Crippen LogP contribution in [0.15, 0.2) is 12.4 Å². The first-order valence-electron chi connectivity index (χ1n) is 6.15. The van der Waals surface area contributed by atoms with Crippen molar-refractivity contribution in [3.05, 3.63) is 12.4 Å². The third kappa shape index (κ3) is 2.07. The van der Waals surface area contributed by atoms with E-state index < -0.39 is 0 Å². The van der Waals surface area contributed by atoms with Crippen molar-refractivity contribution in [1.82, 2.24) is 14.9 Å². The molecule has 90 valence electrons. The molecule has 1 aliphatic heterocycles. The molecule has 0 saturated carbocycles. The fourth-order valence-electron chi connectivity index (χ4n) is 2.55. The van der Waals surface area contributed by atoms with Gasteiger partial charge in [0.2, 0.25) is 5.95 Å². The van der Waals surface area contributed by atoms with Gasteiger partial charge in [-0.05, 0) is 33.2 Å². The van der Waals surface area contributed by atoms with Gasteiger partial charge in [0.25, 0.3) is 0 Å². The largest absolute Gasteiger partial charge is 0.338 e. The van der Waals surface area contributed by atoms with Crippen molar-refractivity contribution in [3.63, 3.8) is 0 Å². The molecular weight excluding hydrogens is 200 g/mol. The van der Waals surface area contributed by atoms with E-state index in [1.165, 1.54) is 19.3 Å². The maximum atomic E-state index is 4.47. The highest BCUT2D eigenvalue weighted by Crippen LogP contribution is 2.24. The summed E-state index contributed by atoms with van der Waals surface area (Å²) in [5.74, 6) is 1.10. The molecule has 4 nitrogen and oxygen atoms in total. The van der Waals surface area contributed by atoms with E-state index in [0.29, 0.717) is 12.1 Å². The minimum absolute atomic E-state index is 0.511. The first kappa shape index (κ1) is 11.5. The molecule has 0 bridgehead atoms. The van der Waals surface area contributed by atoms with Gasteiger partial charge in [0.15, 0.2) is 0 Å². The maximum Gasteiger partial charge on any atom is 0.205 e. The van der Waals surface area contributed by atoms with Crippen LogP contribution in [0.25, 0.3) is 0 Å². The second kappa shape index (κ2) is 4.87. The molecule has 4 heteroatoms. The lowest BCUT2D eigenvalue weighted by Gasteiger charge is -2.39. The Kier molecular flexibility index (Phi) is 3.49. The number of likely N-dealkylation sites (N-methyl/N-ethyl adjacent to an activating group) is 1. The fraction of sp³-hybridized carbons (Fsp3) is 0.750. The van der Waals surface area contributed by atoms with E-state index in [2.05, 4.69) is 33.7 Å². The number of rotatable bonds is 3. The quantitative estimate of drug-likeness (QED) is 0.839. The SMILES string of the molecule is CNC(C)C1CCCCN1c1nccn1C. The molecule has 0 radical (unpaired) electrons. The van der Waals surface area contributed by atoms with Crippen LogP contribution in [-0.2, 0) is 7.05 Å². The molecule has 16 heavy (non-hydrogen) atoms. The van der Waals surface area contributed by atoms with E-state index in [4.69, 9.17) is 0 Å². The molecule has 1 fully saturated rings. The van der Waals surface area contributed by atoms with Crippen molar-refractivity contribution in [2.45, 2.75) is 38.3 Å². The third-order valence-corrected chi connectivity index (χ3v) is 3.63.